The van der Waals surface area contributed by atoms with Crippen LogP contribution in [0.25, 0.3) is 0 Å². The Balaban J connectivity index is 1.98. The maximum Gasteiger partial charge on any atom is 0.331 e. The summed E-state index contributed by atoms with van der Waals surface area (Å²) in [6, 6.07) is 7.93. The third kappa shape index (κ3) is 2.38. The van der Waals surface area contributed by atoms with Gasteiger partial charge in [-0.15, -0.1) is 11.3 Å². The molecule has 2 heterocycles. The lowest BCUT2D eigenvalue weighted by atomic mass is 9.99. The van der Waals surface area contributed by atoms with Crippen LogP contribution < -0.4 is 10.6 Å². The normalized spacial score (nSPS) is 17.3. The van der Waals surface area contributed by atoms with E-state index in [0.29, 0.717) is 12.1 Å². The molecule has 21 heavy (non-hydrogen) atoms. The predicted molar refractivity (Wildman–Crippen MR) is 80.7 cm³/mol. The number of carbonyl (C=O) groups is 2. The third-order valence-corrected chi connectivity index (χ3v) is 4.68. The van der Waals surface area contributed by atoms with Gasteiger partial charge in [0.25, 0.3) is 0 Å². The van der Waals surface area contributed by atoms with E-state index in [0.717, 1.165) is 22.5 Å². The summed E-state index contributed by atoms with van der Waals surface area (Å²) in [5.41, 5.74) is 7.28. The van der Waals surface area contributed by atoms with E-state index in [2.05, 4.69) is 0 Å². The zero-order valence-electron chi connectivity index (χ0n) is 11.2. The number of fused-ring (bicyclic) bond motifs is 1. The number of nitrogens with zero attached hydrogens (tertiary/aromatic N) is 1. The number of hydrogen-bond donors (Lipinski definition) is 2. The first-order valence-electron chi connectivity index (χ1n) is 6.53. The maximum absolute atomic E-state index is 11.7. The largest absolute Gasteiger partial charge is 0.479 e. The summed E-state index contributed by atoms with van der Waals surface area (Å²) in [5.74, 6) is -1.36. The quantitative estimate of drug-likeness (QED) is 0.908. The average molecular weight is 302 g/mol. The van der Waals surface area contributed by atoms with Crippen LogP contribution >= 0.6 is 11.3 Å². The molecule has 0 bridgehead atoms. The van der Waals surface area contributed by atoms with Crippen LogP contribution in [0.2, 0.25) is 0 Å². The van der Waals surface area contributed by atoms with Crippen molar-refractivity contribution in [2.45, 2.75) is 12.5 Å². The van der Waals surface area contributed by atoms with Gasteiger partial charge in [-0.05, 0) is 47.7 Å². The van der Waals surface area contributed by atoms with Crippen LogP contribution in [0.4, 0.5) is 5.69 Å². The highest BCUT2D eigenvalue weighted by molar-refractivity contribution is 7.10. The summed E-state index contributed by atoms with van der Waals surface area (Å²) in [7, 11) is 0. The predicted octanol–water partition coefficient (Wildman–Crippen LogP) is 2.04. The number of carbonyl (C=O) groups excluding carboxylic acids is 1. The van der Waals surface area contributed by atoms with Gasteiger partial charge >= 0.3 is 5.97 Å². The number of primary amides is 1. The molecule has 3 N–H and O–H groups in total. The maximum atomic E-state index is 11.7. The number of hydrogen-bond acceptors (Lipinski definition) is 4. The highest BCUT2D eigenvalue weighted by atomic mass is 32.1. The molecule has 1 atom stereocenters. The van der Waals surface area contributed by atoms with Gasteiger partial charge < -0.3 is 15.7 Å². The van der Waals surface area contributed by atoms with Crippen LogP contribution in [0.15, 0.2) is 35.7 Å². The summed E-state index contributed by atoms with van der Waals surface area (Å²) in [5, 5.41) is 11.5. The van der Waals surface area contributed by atoms with Gasteiger partial charge in [-0.2, -0.15) is 0 Å². The molecule has 1 aliphatic rings. The van der Waals surface area contributed by atoms with Gasteiger partial charge in [-0.3, -0.25) is 4.79 Å². The molecular formula is C15H14N2O3S. The summed E-state index contributed by atoms with van der Waals surface area (Å²) in [6.45, 7) is 0.639. The van der Waals surface area contributed by atoms with E-state index in [1.807, 2.05) is 16.3 Å². The van der Waals surface area contributed by atoms with Gasteiger partial charge in [0.2, 0.25) is 5.91 Å². The van der Waals surface area contributed by atoms with Crippen molar-refractivity contribution >= 4 is 28.9 Å². The van der Waals surface area contributed by atoms with Crippen LogP contribution in [0.1, 0.15) is 26.8 Å². The molecule has 1 aliphatic heterocycles. The molecule has 1 unspecified atom stereocenters. The first-order valence-corrected chi connectivity index (χ1v) is 7.41. The Kier molecular flexibility index (Phi) is 3.39. The third-order valence-electron chi connectivity index (χ3n) is 3.68. The molecule has 1 amide bonds. The van der Waals surface area contributed by atoms with E-state index < -0.39 is 17.9 Å². The number of aliphatic carboxylic acids is 1. The highest BCUT2D eigenvalue weighted by Crippen LogP contribution is 2.36. The molecule has 0 saturated carbocycles. The van der Waals surface area contributed by atoms with Crippen molar-refractivity contribution in [2.24, 2.45) is 5.73 Å². The molecule has 0 aliphatic carbocycles. The molecular weight excluding hydrogens is 288 g/mol. The second kappa shape index (κ2) is 5.21. The van der Waals surface area contributed by atoms with E-state index in [1.165, 1.54) is 0 Å². The molecule has 0 fully saturated rings. The lowest BCUT2D eigenvalue weighted by molar-refractivity contribution is -0.138. The Bertz CT molecular complexity index is 693. The Morgan fingerprint density at radius 3 is 2.57 bits per heavy atom. The summed E-state index contributed by atoms with van der Waals surface area (Å²) < 4.78 is 0. The number of anilines is 1. The first-order chi connectivity index (χ1) is 10.1. The van der Waals surface area contributed by atoms with Crippen molar-refractivity contribution in [3.05, 3.63) is 51.7 Å². The fraction of sp³-hybridized carbons (Fsp3) is 0.200. The van der Waals surface area contributed by atoms with Gasteiger partial charge in [0.1, 0.15) is 0 Å². The van der Waals surface area contributed by atoms with Crippen molar-refractivity contribution < 1.29 is 14.7 Å². The van der Waals surface area contributed by atoms with Crippen molar-refractivity contribution in [1.82, 2.24) is 0 Å². The molecule has 2 aromatic rings. The highest BCUT2D eigenvalue weighted by Gasteiger charge is 2.33. The van der Waals surface area contributed by atoms with E-state index in [1.54, 1.807) is 35.6 Å². The van der Waals surface area contributed by atoms with Gasteiger partial charge in [0.15, 0.2) is 6.04 Å². The molecule has 5 nitrogen and oxygen atoms in total. The Hall–Kier alpha value is -2.34. The number of carboxylic acid groups (broad SMARTS) is 1. The molecule has 108 valence electrons. The Morgan fingerprint density at radius 2 is 1.95 bits per heavy atom. The van der Waals surface area contributed by atoms with Crippen LogP contribution in [0.3, 0.4) is 0 Å². The minimum atomic E-state index is -0.867. The zero-order valence-corrected chi connectivity index (χ0v) is 12.0. The summed E-state index contributed by atoms with van der Waals surface area (Å²) >= 11 is 1.60. The van der Waals surface area contributed by atoms with Crippen molar-refractivity contribution in [3.63, 3.8) is 0 Å². The lowest BCUT2D eigenvalue weighted by Crippen LogP contribution is -2.39. The van der Waals surface area contributed by atoms with E-state index in [4.69, 9.17) is 5.73 Å². The number of thiophene rings is 1. The number of nitrogens with two attached hydrogens (primary N) is 1. The number of rotatable bonds is 3. The number of amides is 1. The SMILES string of the molecule is NC(=O)c1ccc(N2CCc3sccc3C2C(=O)O)cc1. The average Bonchev–Trinajstić information content (AvgIpc) is 2.94. The van der Waals surface area contributed by atoms with Gasteiger partial charge in [-0.1, -0.05) is 0 Å². The molecule has 0 radical (unpaired) electrons. The molecule has 0 spiro atoms. The van der Waals surface area contributed by atoms with Gasteiger partial charge in [0, 0.05) is 22.7 Å². The van der Waals surface area contributed by atoms with E-state index in [-0.39, 0.29) is 0 Å². The van der Waals surface area contributed by atoms with E-state index in [9.17, 15) is 14.7 Å². The fourth-order valence-electron chi connectivity index (χ4n) is 2.68. The van der Waals surface area contributed by atoms with Crippen LogP contribution in [0, 0.1) is 0 Å². The Morgan fingerprint density at radius 1 is 1.24 bits per heavy atom. The molecule has 0 saturated heterocycles. The van der Waals surface area contributed by atoms with Crippen molar-refractivity contribution in [3.8, 4) is 0 Å². The van der Waals surface area contributed by atoms with Crippen LogP contribution in [-0.4, -0.2) is 23.5 Å². The van der Waals surface area contributed by atoms with Crippen molar-refractivity contribution in [1.29, 1.82) is 0 Å². The topological polar surface area (TPSA) is 83.6 Å². The second-order valence-electron chi connectivity index (χ2n) is 4.89. The lowest BCUT2D eigenvalue weighted by Gasteiger charge is -2.35. The summed E-state index contributed by atoms with van der Waals surface area (Å²) in [6.07, 6.45) is 0.828. The molecule has 6 heteroatoms. The van der Waals surface area contributed by atoms with E-state index >= 15 is 0 Å². The van der Waals surface area contributed by atoms with Crippen LogP contribution in [-0.2, 0) is 11.2 Å². The second-order valence-corrected chi connectivity index (χ2v) is 5.90. The molecule has 3 rings (SSSR count). The van der Waals surface area contributed by atoms with Gasteiger partial charge in [-0.25, -0.2) is 4.79 Å². The van der Waals surface area contributed by atoms with Gasteiger partial charge in [0.05, 0.1) is 0 Å². The fourth-order valence-corrected chi connectivity index (χ4v) is 3.58. The first kappa shape index (κ1) is 13.6. The standard InChI is InChI=1S/C15H14N2O3S/c16-14(18)9-1-3-10(4-2-9)17-7-5-12-11(6-8-21-12)13(17)15(19)20/h1-4,6,8,13H,5,7H2,(H2,16,18)(H,19,20). The monoisotopic (exact) mass is 302 g/mol. The van der Waals surface area contributed by atoms with Crippen LogP contribution in [0.5, 0.6) is 0 Å². The molecule has 1 aromatic carbocycles. The summed E-state index contributed by atoms with van der Waals surface area (Å²) in [4.78, 5) is 25.7. The minimum Gasteiger partial charge on any atom is -0.479 e. The number of benzene rings is 1. The smallest absolute Gasteiger partial charge is 0.331 e. The molecule has 1 aromatic heterocycles. The number of carboxylic acids is 1. The zero-order chi connectivity index (χ0) is 15.0. The Labute approximate surface area is 125 Å². The minimum absolute atomic E-state index is 0.416. The van der Waals surface area contributed by atoms with Crippen molar-refractivity contribution in [2.75, 3.05) is 11.4 Å².